The molecule has 0 spiro atoms. The summed E-state index contributed by atoms with van der Waals surface area (Å²) in [4.78, 5) is 0. The van der Waals surface area contributed by atoms with E-state index in [0.717, 1.165) is 35.5 Å². The molecule has 22 heavy (non-hydrogen) atoms. The summed E-state index contributed by atoms with van der Waals surface area (Å²) in [6.07, 6.45) is 6.25. The number of halogens is 1. The highest BCUT2D eigenvalue weighted by molar-refractivity contribution is 5.64. The van der Waals surface area contributed by atoms with Gasteiger partial charge in [-0.2, -0.15) is 0 Å². The molecule has 2 heteroatoms. The summed E-state index contributed by atoms with van der Waals surface area (Å²) in [5, 5.41) is 0. The first-order valence-electron chi connectivity index (χ1n) is 7.91. The molecule has 116 valence electrons. The van der Waals surface area contributed by atoms with Gasteiger partial charge >= 0.3 is 0 Å². The van der Waals surface area contributed by atoms with Crippen molar-refractivity contribution in [2.75, 3.05) is 6.61 Å². The van der Waals surface area contributed by atoms with Crippen LogP contribution in [-0.2, 0) is 6.42 Å². The highest BCUT2D eigenvalue weighted by Crippen LogP contribution is 2.23. The van der Waals surface area contributed by atoms with E-state index in [4.69, 9.17) is 4.74 Å². The smallest absolute Gasteiger partial charge is 0.119 e. The van der Waals surface area contributed by atoms with Gasteiger partial charge in [-0.25, -0.2) is 4.39 Å². The Balaban J connectivity index is 1.94. The van der Waals surface area contributed by atoms with Gasteiger partial charge in [0.2, 0.25) is 0 Å². The lowest BCUT2D eigenvalue weighted by Crippen LogP contribution is -1.96. The number of rotatable bonds is 8. The molecule has 0 heterocycles. The second-order valence-electron chi connectivity index (χ2n) is 5.34. The SMILES string of the molecule is CCCCCOc1ccc(-c2ccc(C/C=C/F)cc2)cc1. The second-order valence-corrected chi connectivity index (χ2v) is 5.34. The van der Waals surface area contributed by atoms with Gasteiger partial charge in [-0.05, 0) is 41.7 Å². The van der Waals surface area contributed by atoms with Gasteiger partial charge in [0.15, 0.2) is 0 Å². The number of allylic oxidation sites excluding steroid dienone is 1. The Bertz CT molecular complexity index is 570. The van der Waals surface area contributed by atoms with Crippen LogP contribution in [0.4, 0.5) is 4.39 Å². The third-order valence-corrected chi connectivity index (χ3v) is 3.60. The summed E-state index contributed by atoms with van der Waals surface area (Å²) in [5.74, 6) is 0.921. The van der Waals surface area contributed by atoms with Crippen molar-refractivity contribution in [1.29, 1.82) is 0 Å². The van der Waals surface area contributed by atoms with E-state index in [1.54, 1.807) is 0 Å². The molecule has 2 aromatic rings. The largest absolute Gasteiger partial charge is 0.494 e. The first-order valence-corrected chi connectivity index (χ1v) is 7.91. The molecule has 2 rings (SSSR count). The van der Waals surface area contributed by atoms with E-state index in [1.165, 1.54) is 18.9 Å². The van der Waals surface area contributed by atoms with Gasteiger partial charge < -0.3 is 4.74 Å². The van der Waals surface area contributed by atoms with E-state index >= 15 is 0 Å². The van der Waals surface area contributed by atoms with Crippen molar-refractivity contribution in [3.05, 3.63) is 66.5 Å². The molecular formula is C20H23FO. The lowest BCUT2D eigenvalue weighted by atomic mass is 10.0. The number of unbranched alkanes of at least 4 members (excludes halogenated alkanes) is 2. The molecule has 0 bridgehead atoms. The lowest BCUT2D eigenvalue weighted by Gasteiger charge is -2.07. The minimum atomic E-state index is 0.590. The maximum Gasteiger partial charge on any atom is 0.119 e. The van der Waals surface area contributed by atoms with Crippen molar-refractivity contribution in [2.45, 2.75) is 32.6 Å². The molecule has 0 amide bonds. The fourth-order valence-corrected chi connectivity index (χ4v) is 2.30. The fourth-order valence-electron chi connectivity index (χ4n) is 2.30. The predicted molar refractivity (Wildman–Crippen MR) is 90.9 cm³/mol. The van der Waals surface area contributed by atoms with E-state index in [-0.39, 0.29) is 0 Å². The topological polar surface area (TPSA) is 9.23 Å². The van der Waals surface area contributed by atoms with Gasteiger partial charge in [-0.3, -0.25) is 0 Å². The molecule has 0 aromatic heterocycles. The molecule has 0 saturated carbocycles. The maximum atomic E-state index is 12.0. The highest BCUT2D eigenvalue weighted by atomic mass is 19.1. The summed E-state index contributed by atoms with van der Waals surface area (Å²) < 4.78 is 17.7. The van der Waals surface area contributed by atoms with Gasteiger partial charge in [0.25, 0.3) is 0 Å². The van der Waals surface area contributed by atoms with Crippen molar-refractivity contribution in [1.82, 2.24) is 0 Å². The van der Waals surface area contributed by atoms with Gasteiger partial charge in [0.05, 0.1) is 12.9 Å². The quantitative estimate of drug-likeness (QED) is 0.547. The number of benzene rings is 2. The number of hydrogen-bond acceptors (Lipinski definition) is 1. The second kappa shape index (κ2) is 9.04. The lowest BCUT2D eigenvalue weighted by molar-refractivity contribution is 0.306. The third kappa shape index (κ3) is 5.03. The highest BCUT2D eigenvalue weighted by Gasteiger charge is 1.99. The molecule has 0 aliphatic carbocycles. The number of hydrogen-bond donors (Lipinski definition) is 0. The number of ether oxygens (including phenoxy) is 1. The van der Waals surface area contributed by atoms with Crippen molar-refractivity contribution in [3.8, 4) is 16.9 Å². The van der Waals surface area contributed by atoms with Crippen LogP contribution in [-0.4, -0.2) is 6.61 Å². The van der Waals surface area contributed by atoms with Gasteiger partial charge in [-0.1, -0.05) is 62.2 Å². The molecule has 0 radical (unpaired) electrons. The van der Waals surface area contributed by atoms with Crippen LogP contribution in [0.25, 0.3) is 11.1 Å². The van der Waals surface area contributed by atoms with Crippen LogP contribution in [0.3, 0.4) is 0 Å². The standard InChI is InChI=1S/C20H23FO/c1-2-3-4-16-22-20-13-11-19(12-14-20)18-9-7-17(8-10-18)6-5-15-21/h5,7-15H,2-4,6,16H2,1H3/b15-5+. The Kier molecular flexibility index (Phi) is 6.69. The minimum absolute atomic E-state index is 0.590. The monoisotopic (exact) mass is 298 g/mol. The van der Waals surface area contributed by atoms with Crippen molar-refractivity contribution < 1.29 is 9.13 Å². The van der Waals surface area contributed by atoms with Crippen molar-refractivity contribution in [2.24, 2.45) is 0 Å². The first-order chi connectivity index (χ1) is 10.8. The summed E-state index contributed by atoms with van der Waals surface area (Å²) >= 11 is 0. The van der Waals surface area contributed by atoms with Gasteiger partial charge in [0, 0.05) is 0 Å². The molecule has 2 aromatic carbocycles. The Morgan fingerprint density at radius 3 is 2.14 bits per heavy atom. The van der Waals surface area contributed by atoms with E-state index in [1.807, 2.05) is 24.3 Å². The third-order valence-electron chi connectivity index (χ3n) is 3.60. The van der Waals surface area contributed by atoms with Crippen LogP contribution in [0.1, 0.15) is 31.7 Å². The van der Waals surface area contributed by atoms with Gasteiger partial charge in [-0.15, -0.1) is 0 Å². The van der Waals surface area contributed by atoms with Crippen molar-refractivity contribution in [3.63, 3.8) is 0 Å². The predicted octanol–water partition coefficient (Wildman–Crippen LogP) is 5.95. The van der Waals surface area contributed by atoms with E-state index in [0.29, 0.717) is 12.8 Å². The van der Waals surface area contributed by atoms with E-state index < -0.39 is 0 Å². The Morgan fingerprint density at radius 1 is 0.909 bits per heavy atom. The molecule has 0 unspecified atom stereocenters. The average Bonchev–Trinajstić information content (AvgIpc) is 2.58. The zero-order valence-corrected chi connectivity index (χ0v) is 13.1. The normalized spacial score (nSPS) is 11.0. The van der Waals surface area contributed by atoms with Crippen LogP contribution in [0.2, 0.25) is 0 Å². The van der Waals surface area contributed by atoms with Crippen LogP contribution in [0.5, 0.6) is 5.75 Å². The summed E-state index contributed by atoms with van der Waals surface area (Å²) in [6, 6.07) is 16.4. The average molecular weight is 298 g/mol. The van der Waals surface area contributed by atoms with Crippen LogP contribution < -0.4 is 4.74 Å². The minimum Gasteiger partial charge on any atom is -0.494 e. The zero-order valence-electron chi connectivity index (χ0n) is 13.1. The van der Waals surface area contributed by atoms with Gasteiger partial charge in [0.1, 0.15) is 5.75 Å². The Morgan fingerprint density at radius 2 is 1.55 bits per heavy atom. The summed E-state index contributed by atoms with van der Waals surface area (Å²) in [7, 11) is 0. The molecule has 0 N–H and O–H groups in total. The van der Waals surface area contributed by atoms with Crippen molar-refractivity contribution >= 4 is 0 Å². The molecular weight excluding hydrogens is 275 g/mol. The first kappa shape index (κ1) is 16.3. The molecule has 1 nitrogen and oxygen atoms in total. The fraction of sp³-hybridized carbons (Fsp3) is 0.300. The van der Waals surface area contributed by atoms with Crippen LogP contribution >= 0.6 is 0 Å². The maximum absolute atomic E-state index is 12.0. The van der Waals surface area contributed by atoms with E-state index in [9.17, 15) is 4.39 Å². The zero-order chi connectivity index (χ0) is 15.6. The molecule has 0 atom stereocenters. The van der Waals surface area contributed by atoms with Crippen LogP contribution in [0.15, 0.2) is 60.9 Å². The molecule has 0 fully saturated rings. The molecule has 0 saturated heterocycles. The van der Waals surface area contributed by atoms with E-state index in [2.05, 4.69) is 31.2 Å². The van der Waals surface area contributed by atoms with Crippen LogP contribution in [0, 0.1) is 0 Å². The Hall–Kier alpha value is -2.09. The summed E-state index contributed by atoms with van der Waals surface area (Å²) in [6.45, 7) is 2.97. The molecule has 0 aliphatic rings. The molecule has 0 aliphatic heterocycles. The Labute approximate surface area is 132 Å². The summed E-state index contributed by atoms with van der Waals surface area (Å²) in [5.41, 5.74) is 3.42.